The minimum atomic E-state index is -0.828. The molecule has 2 saturated heterocycles. The van der Waals surface area contributed by atoms with Gasteiger partial charge in [0.25, 0.3) is 5.91 Å². The lowest BCUT2D eigenvalue weighted by Gasteiger charge is -2.40. The second-order valence-electron chi connectivity index (χ2n) is 14.3. The number of esters is 2. The second-order valence-corrected chi connectivity index (χ2v) is 17.2. The Labute approximate surface area is 324 Å². The first-order valence-electron chi connectivity index (χ1n) is 18.0. The number of carbonyl (C=O) groups excluding carboxylic acids is 5. The van der Waals surface area contributed by atoms with Crippen LogP contribution in [0.15, 0.2) is 10.8 Å². The summed E-state index contributed by atoms with van der Waals surface area (Å²) in [5.74, 6) is -0.681. The van der Waals surface area contributed by atoms with Gasteiger partial charge in [-0.2, -0.15) is 11.8 Å². The first kappa shape index (κ1) is 42.6. The van der Waals surface area contributed by atoms with Crippen LogP contribution in [0.25, 0.3) is 0 Å². The molecular formula is C36H54N6O8S3. The van der Waals surface area contributed by atoms with Gasteiger partial charge in [0.15, 0.2) is 6.10 Å². The molecule has 0 aliphatic carbocycles. The average Bonchev–Trinajstić information content (AvgIpc) is 3.76. The van der Waals surface area contributed by atoms with Gasteiger partial charge < -0.3 is 29.7 Å². The molecule has 3 amide bonds. The van der Waals surface area contributed by atoms with E-state index in [1.54, 1.807) is 47.4 Å². The Bertz CT molecular complexity index is 1560. The molecule has 2 aromatic heterocycles. The number of methoxy groups -OCH3 is 1. The van der Waals surface area contributed by atoms with Crippen molar-refractivity contribution in [1.82, 2.24) is 30.4 Å². The van der Waals surface area contributed by atoms with Crippen LogP contribution in [-0.4, -0.2) is 126 Å². The number of thioether (sulfide) groups is 1. The largest absolute Gasteiger partial charge is 0.469 e. The van der Waals surface area contributed by atoms with Crippen molar-refractivity contribution in [3.8, 4) is 0 Å². The Hall–Kier alpha value is -3.12. The molecule has 0 saturated carbocycles. The second kappa shape index (κ2) is 20.0. The fourth-order valence-electron chi connectivity index (χ4n) is 6.51. The predicted molar refractivity (Wildman–Crippen MR) is 205 cm³/mol. The molecule has 0 unspecified atom stereocenters. The van der Waals surface area contributed by atoms with E-state index in [2.05, 4.69) is 20.6 Å². The molecular weight excluding hydrogens is 741 g/mol. The quantitative estimate of drug-likeness (QED) is 0.211. The standard InChI is InChI=1S/C36H54N6O8S3/c1-20(2)27(42(7)35(46)31(24-17-51-18-24)40-33(45)28-15-49-12-11-41(28)6)14-29(50-23(5)43)34-39-26(19-53-34)32(44)38-25(13-21(3)36(47)48-8)9-10-30-37-22(4)16-52-30/h16,19-21,24-25,27-29,31H,9-15,17-18H2,1-8H3,(H,38,44)(H,40,45)/t21-,25-,27+,28+,29+,31-/m0/s1. The van der Waals surface area contributed by atoms with Gasteiger partial charge >= 0.3 is 11.9 Å². The predicted octanol–water partition coefficient (Wildman–Crippen LogP) is 3.49. The molecule has 0 radical (unpaired) electrons. The number of amides is 3. The van der Waals surface area contributed by atoms with Crippen LogP contribution in [0.2, 0.25) is 0 Å². The van der Waals surface area contributed by atoms with Crippen LogP contribution in [0.1, 0.15) is 79.3 Å². The SMILES string of the molecule is COC(=O)[C@@H](C)C[C@H](CCc1nc(C)cs1)NC(=O)c1csc([C@@H](C[C@H](C(C)C)N(C)C(=O)[C@@H](NC(=O)[C@H]2COCCN2C)C2CSC2)OC(C)=O)n1. The minimum absolute atomic E-state index is 0.00375. The number of hydrogen-bond donors (Lipinski definition) is 2. The zero-order valence-corrected chi connectivity index (χ0v) is 34.4. The molecule has 2 aliphatic rings. The maximum Gasteiger partial charge on any atom is 0.308 e. The zero-order chi connectivity index (χ0) is 38.8. The minimum Gasteiger partial charge on any atom is -0.469 e. The van der Waals surface area contributed by atoms with E-state index in [1.807, 2.05) is 38.1 Å². The highest BCUT2D eigenvalue weighted by Gasteiger charge is 2.41. The summed E-state index contributed by atoms with van der Waals surface area (Å²) >= 11 is 4.49. The van der Waals surface area contributed by atoms with Crippen molar-refractivity contribution in [2.75, 3.05) is 52.5 Å². The van der Waals surface area contributed by atoms with Crippen molar-refractivity contribution in [3.63, 3.8) is 0 Å². The third kappa shape index (κ3) is 11.9. The van der Waals surface area contributed by atoms with E-state index in [4.69, 9.17) is 14.2 Å². The highest BCUT2D eigenvalue weighted by atomic mass is 32.2. The van der Waals surface area contributed by atoms with Gasteiger partial charge in [0.1, 0.15) is 22.8 Å². The van der Waals surface area contributed by atoms with E-state index in [-0.39, 0.29) is 60.4 Å². The summed E-state index contributed by atoms with van der Waals surface area (Å²) in [6, 6.07) is -1.92. The molecule has 53 heavy (non-hydrogen) atoms. The van der Waals surface area contributed by atoms with Crippen LogP contribution >= 0.6 is 34.4 Å². The zero-order valence-electron chi connectivity index (χ0n) is 31.9. The summed E-state index contributed by atoms with van der Waals surface area (Å²) in [6.45, 7) is 10.4. The Balaban J connectivity index is 1.49. The number of hydrogen-bond acceptors (Lipinski definition) is 14. The number of rotatable bonds is 18. The van der Waals surface area contributed by atoms with Crippen LogP contribution in [0.5, 0.6) is 0 Å². The first-order valence-corrected chi connectivity index (χ1v) is 20.9. The Morgan fingerprint density at radius 1 is 1.08 bits per heavy atom. The van der Waals surface area contributed by atoms with Gasteiger partial charge in [0.2, 0.25) is 11.8 Å². The van der Waals surface area contributed by atoms with Crippen molar-refractivity contribution >= 4 is 64.1 Å². The number of nitrogens with one attached hydrogen (secondary N) is 2. The van der Waals surface area contributed by atoms with Crippen molar-refractivity contribution in [2.45, 2.75) is 90.6 Å². The van der Waals surface area contributed by atoms with E-state index in [9.17, 15) is 24.0 Å². The number of morpholine rings is 1. The van der Waals surface area contributed by atoms with E-state index in [0.29, 0.717) is 37.4 Å². The first-order chi connectivity index (χ1) is 25.2. The van der Waals surface area contributed by atoms with Gasteiger partial charge in [-0.1, -0.05) is 20.8 Å². The molecule has 4 rings (SSSR count). The monoisotopic (exact) mass is 794 g/mol. The van der Waals surface area contributed by atoms with Crippen molar-refractivity contribution in [3.05, 3.63) is 32.2 Å². The van der Waals surface area contributed by atoms with Crippen LogP contribution in [0, 0.1) is 24.7 Å². The van der Waals surface area contributed by atoms with E-state index < -0.39 is 36.0 Å². The Kier molecular flexibility index (Phi) is 16.1. The molecule has 2 fully saturated rings. The van der Waals surface area contributed by atoms with E-state index in [0.717, 1.165) is 22.2 Å². The van der Waals surface area contributed by atoms with Gasteiger partial charge in [-0.15, -0.1) is 22.7 Å². The highest BCUT2D eigenvalue weighted by Crippen LogP contribution is 2.33. The van der Waals surface area contributed by atoms with Crippen molar-refractivity contribution in [2.24, 2.45) is 17.8 Å². The van der Waals surface area contributed by atoms with E-state index >= 15 is 0 Å². The smallest absolute Gasteiger partial charge is 0.308 e. The van der Waals surface area contributed by atoms with Crippen molar-refractivity contribution < 1.29 is 38.2 Å². The number of nitrogens with zero attached hydrogens (tertiary/aromatic N) is 4. The van der Waals surface area contributed by atoms with Gasteiger partial charge in [-0.25, -0.2) is 9.97 Å². The molecule has 2 aliphatic heterocycles. The third-order valence-corrected chi connectivity index (χ3v) is 13.0. The third-order valence-electron chi connectivity index (χ3n) is 9.76. The van der Waals surface area contributed by atoms with Crippen LogP contribution in [0.4, 0.5) is 0 Å². The van der Waals surface area contributed by atoms with Crippen LogP contribution in [-0.2, 0) is 39.8 Å². The summed E-state index contributed by atoms with van der Waals surface area (Å²) in [5.41, 5.74) is 1.10. The van der Waals surface area contributed by atoms with Gasteiger partial charge in [0.05, 0.1) is 31.2 Å². The summed E-state index contributed by atoms with van der Waals surface area (Å²) < 4.78 is 16.3. The molecule has 14 nitrogen and oxygen atoms in total. The molecule has 2 aromatic rings. The number of aryl methyl sites for hydroxylation is 2. The molecule has 0 spiro atoms. The molecule has 0 aromatic carbocycles. The Morgan fingerprint density at radius 3 is 2.40 bits per heavy atom. The van der Waals surface area contributed by atoms with Crippen LogP contribution in [0.3, 0.4) is 0 Å². The van der Waals surface area contributed by atoms with Gasteiger partial charge in [0, 0.05) is 67.8 Å². The van der Waals surface area contributed by atoms with E-state index in [1.165, 1.54) is 25.4 Å². The van der Waals surface area contributed by atoms with Crippen molar-refractivity contribution in [1.29, 1.82) is 0 Å². The summed E-state index contributed by atoms with van der Waals surface area (Å²) in [6.07, 6.45) is 0.978. The maximum absolute atomic E-state index is 14.2. The fraction of sp³-hybridized carbons (Fsp3) is 0.694. The van der Waals surface area contributed by atoms with Crippen LogP contribution < -0.4 is 10.6 Å². The number of ether oxygens (including phenoxy) is 3. The lowest BCUT2D eigenvalue weighted by molar-refractivity contribution is -0.149. The maximum atomic E-state index is 14.2. The molecule has 0 bridgehead atoms. The molecule has 17 heteroatoms. The molecule has 4 heterocycles. The normalized spacial score (nSPS) is 19.3. The average molecular weight is 795 g/mol. The lowest BCUT2D eigenvalue weighted by atomic mass is 9.94. The van der Waals surface area contributed by atoms with Gasteiger partial charge in [-0.3, -0.25) is 28.9 Å². The van der Waals surface area contributed by atoms with Gasteiger partial charge in [-0.05, 0) is 44.2 Å². The lowest BCUT2D eigenvalue weighted by Crippen LogP contribution is -2.61. The fourth-order valence-corrected chi connectivity index (χ4v) is 9.03. The Morgan fingerprint density at radius 2 is 1.81 bits per heavy atom. The topological polar surface area (TPSA) is 169 Å². The number of carbonyl (C=O) groups is 5. The molecule has 294 valence electrons. The summed E-state index contributed by atoms with van der Waals surface area (Å²) in [5, 5.41) is 11.1. The number of aromatic nitrogens is 2. The summed E-state index contributed by atoms with van der Waals surface area (Å²) in [7, 11) is 4.94. The molecule has 2 N–H and O–H groups in total. The number of likely N-dealkylation sites (N-methyl/N-ethyl adjacent to an activating group) is 2. The summed E-state index contributed by atoms with van der Waals surface area (Å²) in [4.78, 5) is 78.5. The molecule has 6 atom stereocenters. The highest BCUT2D eigenvalue weighted by molar-refractivity contribution is 8.00. The number of thiazole rings is 2.